The van der Waals surface area contributed by atoms with Gasteiger partial charge in [0.2, 0.25) is 0 Å². The van der Waals surface area contributed by atoms with Crippen LogP contribution in [-0.2, 0) is 0 Å². The summed E-state index contributed by atoms with van der Waals surface area (Å²) in [6, 6.07) is 1.87. The van der Waals surface area contributed by atoms with Crippen LogP contribution in [0.3, 0.4) is 0 Å². The van der Waals surface area contributed by atoms with E-state index >= 15 is 0 Å². The van der Waals surface area contributed by atoms with Gasteiger partial charge in [0.1, 0.15) is 17.5 Å². The Morgan fingerprint density at radius 1 is 1.46 bits per heavy atom. The highest BCUT2D eigenvalue weighted by Crippen LogP contribution is 2.19. The van der Waals surface area contributed by atoms with Gasteiger partial charge in [-0.15, -0.1) is 0 Å². The number of nitrogens with zero attached hydrogens (tertiary/aromatic N) is 3. The van der Waals surface area contributed by atoms with E-state index in [-0.39, 0.29) is 0 Å². The predicted octanol–water partition coefficient (Wildman–Crippen LogP) is 0.281. The van der Waals surface area contributed by atoms with Crippen LogP contribution in [0.1, 0.15) is 12.2 Å². The Morgan fingerprint density at radius 2 is 2.23 bits per heavy atom. The predicted molar refractivity (Wildman–Crippen MR) is 51.4 cm³/mol. The van der Waals surface area contributed by atoms with Crippen molar-refractivity contribution in [2.24, 2.45) is 5.84 Å². The van der Waals surface area contributed by atoms with Gasteiger partial charge in [-0.05, 0) is 13.3 Å². The largest absolute Gasteiger partial charge is 0.356 e. The van der Waals surface area contributed by atoms with Gasteiger partial charge >= 0.3 is 0 Å². The highest BCUT2D eigenvalue weighted by molar-refractivity contribution is 5.49. The number of aryl methyl sites for hydroxylation is 1. The third-order valence-corrected chi connectivity index (χ3v) is 2.15. The maximum Gasteiger partial charge on any atom is 0.145 e. The Bertz CT molecular complexity index is 307. The highest BCUT2D eigenvalue weighted by Gasteiger charge is 2.16. The minimum Gasteiger partial charge on any atom is -0.356 e. The van der Waals surface area contributed by atoms with E-state index < -0.39 is 0 Å². The van der Waals surface area contributed by atoms with Crippen LogP contribution in [0.15, 0.2) is 6.07 Å². The van der Waals surface area contributed by atoms with E-state index in [0.717, 1.165) is 24.7 Å². The number of hydrazine groups is 1. The number of nitrogens with two attached hydrogens (primary N) is 1. The number of rotatable bonds is 2. The van der Waals surface area contributed by atoms with Crippen LogP contribution in [0.25, 0.3) is 0 Å². The van der Waals surface area contributed by atoms with Crippen molar-refractivity contribution < 1.29 is 0 Å². The molecule has 5 nitrogen and oxygen atoms in total. The van der Waals surface area contributed by atoms with Crippen LogP contribution in [0.2, 0.25) is 0 Å². The molecule has 0 saturated carbocycles. The Labute approximate surface area is 76.9 Å². The molecule has 1 saturated heterocycles. The highest BCUT2D eigenvalue weighted by atomic mass is 15.3. The molecular weight excluding hydrogens is 166 g/mol. The summed E-state index contributed by atoms with van der Waals surface area (Å²) >= 11 is 0. The van der Waals surface area contributed by atoms with Crippen LogP contribution in [0.4, 0.5) is 11.6 Å². The third kappa shape index (κ3) is 1.55. The molecule has 0 radical (unpaired) electrons. The summed E-state index contributed by atoms with van der Waals surface area (Å²) in [5.74, 6) is 7.68. The van der Waals surface area contributed by atoms with Crippen molar-refractivity contribution in [1.29, 1.82) is 0 Å². The standard InChI is InChI=1S/C8H13N5/c1-6-10-7(12-9)5-8(11-6)13-3-2-4-13/h5H,2-4,9H2,1H3,(H,10,11,12). The molecular formula is C8H13N5. The number of nitrogens with one attached hydrogen (secondary N) is 1. The maximum absolute atomic E-state index is 5.29. The molecule has 0 aliphatic carbocycles. The molecule has 2 rings (SSSR count). The van der Waals surface area contributed by atoms with Crippen molar-refractivity contribution >= 4 is 11.6 Å². The first-order chi connectivity index (χ1) is 6.29. The fourth-order valence-corrected chi connectivity index (χ4v) is 1.33. The quantitative estimate of drug-likeness (QED) is 0.504. The smallest absolute Gasteiger partial charge is 0.145 e. The van der Waals surface area contributed by atoms with Gasteiger partial charge in [-0.1, -0.05) is 0 Å². The van der Waals surface area contributed by atoms with Gasteiger partial charge < -0.3 is 10.3 Å². The van der Waals surface area contributed by atoms with Crippen LogP contribution in [0.5, 0.6) is 0 Å². The second-order valence-corrected chi connectivity index (χ2v) is 3.14. The average molecular weight is 179 g/mol. The molecule has 1 aromatic rings. The lowest BCUT2D eigenvalue weighted by atomic mass is 10.2. The average Bonchev–Trinajstić information content (AvgIpc) is 2.00. The van der Waals surface area contributed by atoms with E-state index in [9.17, 15) is 0 Å². The Kier molecular flexibility index (Phi) is 2.02. The first kappa shape index (κ1) is 8.25. The second kappa shape index (κ2) is 3.18. The molecule has 0 spiro atoms. The minimum atomic E-state index is 0.675. The molecule has 0 unspecified atom stereocenters. The number of hydrogen-bond acceptors (Lipinski definition) is 5. The van der Waals surface area contributed by atoms with Crippen molar-refractivity contribution in [2.45, 2.75) is 13.3 Å². The molecule has 0 amide bonds. The number of aromatic nitrogens is 2. The summed E-state index contributed by atoms with van der Waals surface area (Å²) in [6.45, 7) is 4.03. The van der Waals surface area contributed by atoms with Gasteiger partial charge in [0.15, 0.2) is 0 Å². The van der Waals surface area contributed by atoms with Gasteiger partial charge in [0.05, 0.1) is 0 Å². The van der Waals surface area contributed by atoms with Crippen LogP contribution in [0, 0.1) is 6.92 Å². The van der Waals surface area contributed by atoms with Gasteiger partial charge in [0.25, 0.3) is 0 Å². The van der Waals surface area contributed by atoms with Crippen molar-refractivity contribution in [1.82, 2.24) is 9.97 Å². The SMILES string of the molecule is Cc1nc(NN)cc(N2CCC2)n1. The van der Waals surface area contributed by atoms with Crippen molar-refractivity contribution in [3.05, 3.63) is 11.9 Å². The molecule has 0 atom stereocenters. The first-order valence-corrected chi connectivity index (χ1v) is 4.37. The zero-order valence-electron chi connectivity index (χ0n) is 7.62. The number of anilines is 2. The van der Waals surface area contributed by atoms with E-state index in [4.69, 9.17) is 5.84 Å². The monoisotopic (exact) mass is 179 g/mol. The van der Waals surface area contributed by atoms with Gasteiger partial charge in [-0.3, -0.25) is 0 Å². The lowest BCUT2D eigenvalue weighted by Gasteiger charge is -2.32. The Hall–Kier alpha value is -1.36. The molecule has 1 aliphatic rings. The number of hydrogen-bond donors (Lipinski definition) is 2. The van der Waals surface area contributed by atoms with E-state index in [0.29, 0.717) is 5.82 Å². The molecule has 1 aliphatic heterocycles. The Balaban J connectivity index is 2.28. The third-order valence-electron chi connectivity index (χ3n) is 2.15. The molecule has 0 bridgehead atoms. The Morgan fingerprint density at radius 3 is 2.77 bits per heavy atom. The van der Waals surface area contributed by atoms with Crippen LogP contribution in [-0.4, -0.2) is 23.1 Å². The summed E-state index contributed by atoms with van der Waals surface area (Å²) in [7, 11) is 0. The lowest BCUT2D eigenvalue weighted by molar-refractivity contribution is 0.608. The summed E-state index contributed by atoms with van der Waals surface area (Å²) < 4.78 is 0. The summed E-state index contributed by atoms with van der Waals surface area (Å²) in [4.78, 5) is 10.6. The van der Waals surface area contributed by atoms with E-state index in [1.54, 1.807) is 0 Å². The number of nitrogen functional groups attached to an aromatic ring is 1. The topological polar surface area (TPSA) is 67.1 Å². The van der Waals surface area contributed by atoms with Gasteiger partial charge in [0, 0.05) is 19.2 Å². The summed E-state index contributed by atoms with van der Waals surface area (Å²) in [5.41, 5.74) is 2.53. The zero-order chi connectivity index (χ0) is 9.26. The fourth-order valence-electron chi connectivity index (χ4n) is 1.33. The van der Waals surface area contributed by atoms with Gasteiger partial charge in [-0.25, -0.2) is 15.8 Å². The molecule has 13 heavy (non-hydrogen) atoms. The normalized spacial score (nSPS) is 15.4. The molecule has 3 N–H and O–H groups in total. The molecule has 5 heteroatoms. The van der Waals surface area contributed by atoms with E-state index in [1.807, 2.05) is 13.0 Å². The van der Waals surface area contributed by atoms with Crippen molar-refractivity contribution in [2.75, 3.05) is 23.4 Å². The molecule has 70 valence electrons. The lowest BCUT2D eigenvalue weighted by Crippen LogP contribution is -2.37. The van der Waals surface area contributed by atoms with E-state index in [1.165, 1.54) is 6.42 Å². The van der Waals surface area contributed by atoms with Crippen LogP contribution < -0.4 is 16.2 Å². The molecule has 1 aromatic heterocycles. The minimum absolute atomic E-state index is 0.675. The van der Waals surface area contributed by atoms with E-state index in [2.05, 4.69) is 20.3 Å². The zero-order valence-corrected chi connectivity index (χ0v) is 7.62. The second-order valence-electron chi connectivity index (χ2n) is 3.14. The first-order valence-electron chi connectivity index (χ1n) is 4.37. The van der Waals surface area contributed by atoms with Crippen LogP contribution >= 0.6 is 0 Å². The maximum atomic E-state index is 5.29. The van der Waals surface area contributed by atoms with Crippen molar-refractivity contribution in [3.8, 4) is 0 Å². The van der Waals surface area contributed by atoms with Crippen molar-refractivity contribution in [3.63, 3.8) is 0 Å². The van der Waals surface area contributed by atoms with Gasteiger partial charge in [-0.2, -0.15) is 0 Å². The fraction of sp³-hybridized carbons (Fsp3) is 0.500. The molecule has 0 aromatic carbocycles. The molecule has 2 heterocycles. The summed E-state index contributed by atoms with van der Waals surface area (Å²) in [5, 5.41) is 0. The summed E-state index contributed by atoms with van der Waals surface area (Å²) in [6.07, 6.45) is 1.24. The molecule has 1 fully saturated rings.